The number of hydrogen-bond acceptors (Lipinski definition) is 5. The number of piperidine rings is 1. The molecule has 0 saturated carbocycles. The maximum atomic E-state index is 11.9. The highest BCUT2D eigenvalue weighted by Crippen LogP contribution is 2.17. The maximum Gasteiger partial charge on any atom is 0.281 e. The van der Waals surface area contributed by atoms with Crippen LogP contribution in [0.25, 0.3) is 0 Å². The number of rotatable bonds is 5. The second kappa shape index (κ2) is 6.97. The number of amides is 2. The Balaban J connectivity index is 1.68. The molecule has 0 bridgehead atoms. The summed E-state index contributed by atoms with van der Waals surface area (Å²) < 4.78 is 24.2. The third-order valence-electron chi connectivity index (χ3n) is 3.74. The van der Waals surface area contributed by atoms with Crippen LogP contribution < -0.4 is 5.32 Å². The number of sulfonamides is 1. The monoisotopic (exact) mass is 335 g/mol. The van der Waals surface area contributed by atoms with Crippen LogP contribution in [0.3, 0.4) is 0 Å². The Kier molecular flexibility index (Phi) is 5.50. The van der Waals surface area contributed by atoms with Crippen molar-refractivity contribution < 1.29 is 18.0 Å². The van der Waals surface area contributed by atoms with Crippen molar-refractivity contribution in [1.29, 1.82) is 0 Å². The molecule has 2 heterocycles. The van der Waals surface area contributed by atoms with E-state index in [1.807, 2.05) is 0 Å². The molecule has 0 aliphatic carbocycles. The Bertz CT molecular complexity index is 501. The predicted molar refractivity (Wildman–Crippen MR) is 81.6 cm³/mol. The topological polar surface area (TPSA) is 86.8 Å². The molecule has 120 valence electrons. The van der Waals surface area contributed by atoms with E-state index in [1.165, 1.54) is 22.3 Å². The zero-order valence-corrected chi connectivity index (χ0v) is 13.7. The molecule has 0 aromatic heterocycles. The van der Waals surface area contributed by atoms with E-state index >= 15 is 0 Å². The molecule has 2 fully saturated rings. The summed E-state index contributed by atoms with van der Waals surface area (Å²) >= 11 is 1.29. The minimum atomic E-state index is -3.13. The number of nitrogens with zero attached hydrogens (tertiary/aromatic N) is 2. The number of hydrogen-bond donors (Lipinski definition) is 1. The summed E-state index contributed by atoms with van der Waals surface area (Å²) in [6.07, 6.45) is 2.78. The first-order chi connectivity index (χ1) is 9.86. The first-order valence-electron chi connectivity index (χ1n) is 7.02. The molecule has 0 aromatic carbocycles. The van der Waals surface area contributed by atoms with Gasteiger partial charge in [0.2, 0.25) is 15.9 Å². The lowest BCUT2D eigenvalue weighted by Gasteiger charge is -2.30. The number of nitrogens with one attached hydrogen (secondary N) is 1. The minimum absolute atomic E-state index is 0.0270. The van der Waals surface area contributed by atoms with Crippen molar-refractivity contribution in [3.8, 4) is 0 Å². The van der Waals surface area contributed by atoms with Gasteiger partial charge < -0.3 is 10.2 Å². The van der Waals surface area contributed by atoms with Gasteiger partial charge in [-0.1, -0.05) is 11.8 Å². The van der Waals surface area contributed by atoms with Gasteiger partial charge in [-0.3, -0.25) is 9.59 Å². The molecule has 1 N–H and O–H groups in total. The summed E-state index contributed by atoms with van der Waals surface area (Å²) in [6, 6.07) is 0.0270. The summed E-state index contributed by atoms with van der Waals surface area (Å²) in [5.41, 5.74) is 0. The normalized spacial score (nSPS) is 21.8. The second-order valence-corrected chi connectivity index (χ2v) is 8.38. The third kappa shape index (κ3) is 4.86. The van der Waals surface area contributed by atoms with Crippen molar-refractivity contribution in [2.24, 2.45) is 0 Å². The van der Waals surface area contributed by atoms with Crippen molar-refractivity contribution >= 4 is 32.9 Å². The fourth-order valence-electron chi connectivity index (χ4n) is 2.50. The van der Waals surface area contributed by atoms with E-state index in [0.29, 0.717) is 45.4 Å². The van der Waals surface area contributed by atoms with Gasteiger partial charge in [-0.2, -0.15) is 0 Å². The average molecular weight is 335 g/mol. The fraction of sp³-hybridized carbons (Fsp3) is 0.833. The van der Waals surface area contributed by atoms with E-state index in [1.54, 1.807) is 4.90 Å². The highest BCUT2D eigenvalue weighted by molar-refractivity contribution is 8.13. The summed E-state index contributed by atoms with van der Waals surface area (Å²) in [6.45, 7) is 2.07. The lowest BCUT2D eigenvalue weighted by Crippen LogP contribution is -2.46. The van der Waals surface area contributed by atoms with E-state index < -0.39 is 10.0 Å². The van der Waals surface area contributed by atoms with Crippen LogP contribution in [-0.2, 0) is 14.8 Å². The SMILES string of the molecule is CS(=O)(=O)N1CCC(NC(=O)CCN2CCSC2=O)CC1. The van der Waals surface area contributed by atoms with Crippen LogP contribution in [0.5, 0.6) is 0 Å². The molecule has 2 aliphatic heterocycles. The molecular weight excluding hydrogens is 314 g/mol. The Labute approximate surface area is 129 Å². The number of carbonyl (C=O) groups excluding carboxylic acids is 2. The summed E-state index contributed by atoms with van der Waals surface area (Å²) in [4.78, 5) is 25.0. The van der Waals surface area contributed by atoms with Gasteiger partial charge in [0.15, 0.2) is 0 Å². The van der Waals surface area contributed by atoms with Gasteiger partial charge in [-0.25, -0.2) is 12.7 Å². The summed E-state index contributed by atoms with van der Waals surface area (Å²) in [7, 11) is -3.13. The van der Waals surface area contributed by atoms with Crippen LogP contribution in [0.15, 0.2) is 0 Å². The largest absolute Gasteiger partial charge is 0.353 e. The molecule has 0 unspecified atom stereocenters. The highest BCUT2D eigenvalue weighted by Gasteiger charge is 2.26. The molecule has 0 radical (unpaired) electrons. The van der Waals surface area contributed by atoms with E-state index in [0.717, 1.165) is 5.75 Å². The Hall–Kier alpha value is -0.800. The molecule has 0 atom stereocenters. The lowest BCUT2D eigenvalue weighted by atomic mass is 10.1. The van der Waals surface area contributed by atoms with Gasteiger partial charge in [-0.15, -0.1) is 0 Å². The highest BCUT2D eigenvalue weighted by atomic mass is 32.2. The molecule has 9 heteroatoms. The molecule has 2 rings (SSSR count). The smallest absolute Gasteiger partial charge is 0.281 e. The first-order valence-corrected chi connectivity index (χ1v) is 9.86. The minimum Gasteiger partial charge on any atom is -0.353 e. The Morgan fingerprint density at radius 2 is 2.00 bits per heavy atom. The molecule has 21 heavy (non-hydrogen) atoms. The van der Waals surface area contributed by atoms with Crippen molar-refractivity contribution in [2.75, 3.05) is 38.2 Å². The molecule has 2 aliphatic rings. The van der Waals surface area contributed by atoms with Gasteiger partial charge in [-0.05, 0) is 12.8 Å². The average Bonchev–Trinajstić information content (AvgIpc) is 2.81. The first kappa shape index (κ1) is 16.6. The van der Waals surface area contributed by atoms with Crippen molar-refractivity contribution in [3.05, 3.63) is 0 Å². The maximum absolute atomic E-state index is 11.9. The molecule has 2 amide bonds. The van der Waals surface area contributed by atoms with E-state index in [4.69, 9.17) is 0 Å². The zero-order valence-electron chi connectivity index (χ0n) is 12.1. The van der Waals surface area contributed by atoms with Crippen molar-refractivity contribution in [3.63, 3.8) is 0 Å². The van der Waals surface area contributed by atoms with Gasteiger partial charge in [0.05, 0.1) is 6.26 Å². The van der Waals surface area contributed by atoms with E-state index in [2.05, 4.69) is 5.32 Å². The standard InChI is InChI=1S/C12H21N3O4S2/c1-21(18,19)15-6-2-10(3-7-15)13-11(16)4-5-14-8-9-20-12(14)17/h10H,2-9H2,1H3,(H,13,16). The Morgan fingerprint density at radius 3 is 2.52 bits per heavy atom. The predicted octanol–water partition coefficient (Wildman–Crippen LogP) is 0.0855. The molecular formula is C12H21N3O4S2. The van der Waals surface area contributed by atoms with Crippen LogP contribution >= 0.6 is 11.8 Å². The third-order valence-corrected chi connectivity index (χ3v) is 5.94. The van der Waals surface area contributed by atoms with Gasteiger partial charge in [0.1, 0.15) is 0 Å². The van der Waals surface area contributed by atoms with Crippen molar-refractivity contribution in [2.45, 2.75) is 25.3 Å². The van der Waals surface area contributed by atoms with Gasteiger partial charge >= 0.3 is 0 Å². The molecule has 7 nitrogen and oxygen atoms in total. The van der Waals surface area contributed by atoms with E-state index in [-0.39, 0.29) is 17.2 Å². The fourth-order valence-corrected chi connectivity index (χ4v) is 4.22. The summed E-state index contributed by atoms with van der Waals surface area (Å²) in [5, 5.41) is 2.97. The quantitative estimate of drug-likeness (QED) is 0.769. The van der Waals surface area contributed by atoms with Gasteiger partial charge in [0.25, 0.3) is 5.24 Å². The second-order valence-electron chi connectivity index (χ2n) is 5.36. The van der Waals surface area contributed by atoms with Crippen LogP contribution in [-0.4, -0.2) is 73.0 Å². The Morgan fingerprint density at radius 1 is 1.33 bits per heavy atom. The van der Waals surface area contributed by atoms with Crippen LogP contribution in [0.1, 0.15) is 19.3 Å². The number of thioether (sulfide) groups is 1. The van der Waals surface area contributed by atoms with Crippen molar-refractivity contribution in [1.82, 2.24) is 14.5 Å². The zero-order chi connectivity index (χ0) is 15.5. The van der Waals surface area contributed by atoms with E-state index in [9.17, 15) is 18.0 Å². The molecule has 2 saturated heterocycles. The summed E-state index contributed by atoms with van der Waals surface area (Å²) in [5.74, 6) is 0.724. The van der Waals surface area contributed by atoms with Crippen LogP contribution in [0.2, 0.25) is 0 Å². The van der Waals surface area contributed by atoms with Gasteiger partial charge in [0, 0.05) is 44.4 Å². The molecule has 0 spiro atoms. The number of carbonyl (C=O) groups is 2. The van der Waals surface area contributed by atoms with Crippen LogP contribution in [0.4, 0.5) is 4.79 Å². The lowest BCUT2D eigenvalue weighted by molar-refractivity contribution is -0.122. The van der Waals surface area contributed by atoms with Crippen LogP contribution in [0, 0.1) is 0 Å². The molecule has 0 aromatic rings.